The molecule has 7 rings (SSSR count). The second kappa shape index (κ2) is 15.6. The molecule has 0 aliphatic rings. The van der Waals surface area contributed by atoms with Gasteiger partial charge in [-0.15, -0.1) is 16.7 Å². The third-order valence-electron chi connectivity index (χ3n) is 9.32. The van der Waals surface area contributed by atoms with E-state index in [9.17, 15) is 4.79 Å². The first-order chi connectivity index (χ1) is 25.6. The standard InChI is InChI=1S/C43H39ClN6O2/c1-3-16-39-45-38(29-44)40(42(51)52-4-2)49(39)30-31-25-27-32(28-26-31)36-23-14-15-24-37(36)41-46-47-48-50(41)43(33-17-8-5-9-18-33,34-19-10-6-11-20-34)35-21-12-7-13-22-35/h5-15,17-28H,3-4,16,29-30H2,1-2H3. The van der Waals surface area contributed by atoms with Crippen LogP contribution in [0.25, 0.3) is 22.5 Å². The first-order valence-electron chi connectivity index (χ1n) is 17.6. The van der Waals surface area contributed by atoms with Gasteiger partial charge in [0.25, 0.3) is 0 Å². The number of nitrogens with zero attached hydrogens (tertiary/aromatic N) is 6. The Morgan fingerprint density at radius 3 is 1.83 bits per heavy atom. The van der Waals surface area contributed by atoms with Gasteiger partial charge in [0.15, 0.2) is 11.5 Å². The second-order valence-electron chi connectivity index (χ2n) is 12.5. The van der Waals surface area contributed by atoms with E-state index >= 15 is 0 Å². The summed E-state index contributed by atoms with van der Waals surface area (Å²) in [5.74, 6) is 1.18. The van der Waals surface area contributed by atoms with Gasteiger partial charge < -0.3 is 9.30 Å². The number of aromatic nitrogens is 6. The average molecular weight is 707 g/mol. The van der Waals surface area contributed by atoms with E-state index in [0.717, 1.165) is 57.6 Å². The normalized spacial score (nSPS) is 11.4. The molecule has 0 aliphatic heterocycles. The topological polar surface area (TPSA) is 87.7 Å². The molecule has 0 amide bonds. The summed E-state index contributed by atoms with van der Waals surface area (Å²) in [5.41, 5.74) is 7.08. The maximum absolute atomic E-state index is 13.1. The molecule has 0 atom stereocenters. The fourth-order valence-corrected chi connectivity index (χ4v) is 7.23. The first kappa shape index (κ1) is 34.6. The molecule has 0 N–H and O–H groups in total. The summed E-state index contributed by atoms with van der Waals surface area (Å²) in [4.78, 5) is 17.8. The molecule has 0 aliphatic carbocycles. The summed E-state index contributed by atoms with van der Waals surface area (Å²) in [5, 5.41) is 13.8. The maximum Gasteiger partial charge on any atom is 0.356 e. The van der Waals surface area contributed by atoms with Crippen LogP contribution in [0.1, 0.15) is 64.5 Å². The summed E-state index contributed by atoms with van der Waals surface area (Å²) in [6.07, 6.45) is 1.61. The van der Waals surface area contributed by atoms with Gasteiger partial charge in [0.1, 0.15) is 11.4 Å². The van der Waals surface area contributed by atoms with Crippen LogP contribution in [0.2, 0.25) is 0 Å². The van der Waals surface area contributed by atoms with E-state index < -0.39 is 11.5 Å². The van der Waals surface area contributed by atoms with Gasteiger partial charge in [0.2, 0.25) is 0 Å². The zero-order valence-corrected chi connectivity index (χ0v) is 29.9. The molecule has 0 saturated carbocycles. The maximum atomic E-state index is 13.1. The van der Waals surface area contributed by atoms with E-state index in [2.05, 4.69) is 121 Å². The number of tetrazole rings is 1. The number of hydrogen-bond donors (Lipinski definition) is 0. The van der Waals surface area contributed by atoms with Crippen LogP contribution in [0.3, 0.4) is 0 Å². The van der Waals surface area contributed by atoms with Gasteiger partial charge >= 0.3 is 5.97 Å². The molecule has 52 heavy (non-hydrogen) atoms. The van der Waals surface area contributed by atoms with Crippen LogP contribution in [0, 0.1) is 0 Å². The van der Waals surface area contributed by atoms with Gasteiger partial charge in [-0.1, -0.05) is 146 Å². The number of rotatable bonds is 13. The van der Waals surface area contributed by atoms with Crippen LogP contribution in [-0.4, -0.2) is 42.3 Å². The molecule has 5 aromatic carbocycles. The number of benzene rings is 5. The highest BCUT2D eigenvalue weighted by molar-refractivity contribution is 6.17. The molecule has 2 aromatic heterocycles. The number of carbonyl (C=O) groups excluding carboxylic acids is 1. The van der Waals surface area contributed by atoms with Gasteiger partial charge in [0.05, 0.1) is 18.2 Å². The Morgan fingerprint density at radius 1 is 0.731 bits per heavy atom. The highest BCUT2D eigenvalue weighted by Gasteiger charge is 2.42. The quantitative estimate of drug-likeness (QED) is 0.0676. The Hall–Kier alpha value is -5.86. The first-order valence-corrected chi connectivity index (χ1v) is 18.1. The molecule has 260 valence electrons. The number of hydrogen-bond acceptors (Lipinski definition) is 6. The summed E-state index contributed by atoms with van der Waals surface area (Å²) >= 11 is 6.25. The van der Waals surface area contributed by atoms with Crippen LogP contribution < -0.4 is 0 Å². The number of aryl methyl sites for hydroxylation is 1. The predicted molar refractivity (Wildman–Crippen MR) is 204 cm³/mol. The molecule has 0 fully saturated rings. The Balaban J connectivity index is 1.33. The van der Waals surface area contributed by atoms with Crippen LogP contribution in [0.4, 0.5) is 0 Å². The zero-order valence-electron chi connectivity index (χ0n) is 29.2. The molecule has 9 heteroatoms. The van der Waals surface area contributed by atoms with Crippen LogP contribution in [0.5, 0.6) is 0 Å². The molecular weight excluding hydrogens is 668 g/mol. The molecule has 0 radical (unpaired) electrons. The molecule has 0 unspecified atom stereocenters. The number of halogens is 1. The Morgan fingerprint density at radius 2 is 1.29 bits per heavy atom. The van der Waals surface area contributed by atoms with Crippen molar-refractivity contribution in [2.45, 2.75) is 44.7 Å². The third kappa shape index (κ3) is 6.42. The fourth-order valence-electron chi connectivity index (χ4n) is 7.05. The van der Waals surface area contributed by atoms with E-state index in [4.69, 9.17) is 31.6 Å². The summed E-state index contributed by atoms with van der Waals surface area (Å²) in [6.45, 7) is 4.62. The number of ether oxygens (including phenoxy) is 1. The zero-order chi connectivity index (χ0) is 35.9. The Labute approximate surface area is 308 Å². The number of imidazole rings is 1. The monoisotopic (exact) mass is 706 g/mol. The molecule has 8 nitrogen and oxygen atoms in total. The number of carbonyl (C=O) groups is 1. The van der Waals surface area contributed by atoms with Crippen molar-refractivity contribution in [1.82, 2.24) is 29.8 Å². The fraction of sp³-hybridized carbons (Fsp3) is 0.186. The molecule has 2 heterocycles. The molecular formula is C43H39ClN6O2. The van der Waals surface area contributed by atoms with E-state index in [0.29, 0.717) is 23.8 Å². The van der Waals surface area contributed by atoms with Crippen molar-refractivity contribution in [3.8, 4) is 22.5 Å². The number of alkyl halides is 1. The van der Waals surface area contributed by atoms with Gasteiger partial charge in [-0.3, -0.25) is 0 Å². The van der Waals surface area contributed by atoms with Crippen molar-refractivity contribution in [3.05, 3.63) is 179 Å². The average Bonchev–Trinajstić information content (AvgIpc) is 3.82. The van der Waals surface area contributed by atoms with Crippen LogP contribution in [0.15, 0.2) is 140 Å². The van der Waals surface area contributed by atoms with Crippen molar-refractivity contribution in [2.24, 2.45) is 0 Å². The van der Waals surface area contributed by atoms with Crippen molar-refractivity contribution in [2.75, 3.05) is 6.61 Å². The minimum absolute atomic E-state index is 0.132. The van der Waals surface area contributed by atoms with Gasteiger partial charge in [-0.2, -0.15) is 0 Å². The van der Waals surface area contributed by atoms with E-state index in [1.807, 2.05) is 39.6 Å². The summed E-state index contributed by atoms with van der Waals surface area (Å²) in [7, 11) is 0. The smallest absolute Gasteiger partial charge is 0.356 e. The van der Waals surface area contributed by atoms with Gasteiger partial charge in [-0.25, -0.2) is 14.5 Å². The van der Waals surface area contributed by atoms with E-state index in [1.165, 1.54) is 0 Å². The molecule has 7 aromatic rings. The van der Waals surface area contributed by atoms with Crippen LogP contribution in [-0.2, 0) is 29.1 Å². The van der Waals surface area contributed by atoms with Crippen molar-refractivity contribution in [1.29, 1.82) is 0 Å². The van der Waals surface area contributed by atoms with Gasteiger partial charge in [0, 0.05) is 18.5 Å². The van der Waals surface area contributed by atoms with Crippen molar-refractivity contribution < 1.29 is 9.53 Å². The molecule has 0 saturated heterocycles. The predicted octanol–water partition coefficient (Wildman–Crippen LogP) is 8.96. The van der Waals surface area contributed by atoms with Crippen LogP contribution >= 0.6 is 11.6 Å². The minimum Gasteiger partial charge on any atom is -0.461 e. The highest BCUT2D eigenvalue weighted by Crippen LogP contribution is 2.43. The van der Waals surface area contributed by atoms with Gasteiger partial charge in [-0.05, 0) is 57.2 Å². The number of esters is 1. The lowest BCUT2D eigenvalue weighted by Gasteiger charge is -2.36. The lowest BCUT2D eigenvalue weighted by Crippen LogP contribution is -2.39. The third-order valence-corrected chi connectivity index (χ3v) is 9.58. The van der Waals surface area contributed by atoms with Crippen molar-refractivity contribution in [3.63, 3.8) is 0 Å². The molecule has 0 bridgehead atoms. The largest absolute Gasteiger partial charge is 0.461 e. The second-order valence-corrected chi connectivity index (χ2v) is 12.7. The molecule has 0 spiro atoms. The lowest BCUT2D eigenvalue weighted by atomic mass is 9.77. The Bertz CT molecular complexity index is 2150. The Kier molecular flexibility index (Phi) is 10.4. The summed E-state index contributed by atoms with van der Waals surface area (Å²) < 4.78 is 9.32. The van der Waals surface area contributed by atoms with E-state index in [-0.39, 0.29) is 12.5 Å². The SMILES string of the molecule is CCCc1nc(CCl)c(C(=O)OCC)n1Cc1ccc(-c2ccccc2-c2nnnn2C(c2ccccc2)(c2ccccc2)c2ccccc2)cc1. The van der Waals surface area contributed by atoms with Crippen molar-refractivity contribution >= 4 is 17.6 Å². The summed E-state index contributed by atoms with van der Waals surface area (Å²) in [6, 6.07) is 47.8. The minimum atomic E-state index is -0.876. The highest BCUT2D eigenvalue weighted by atomic mass is 35.5. The van der Waals surface area contributed by atoms with E-state index in [1.54, 1.807) is 6.92 Å². The lowest BCUT2D eigenvalue weighted by molar-refractivity contribution is 0.0513.